The Hall–Kier alpha value is -1.72. The number of benzene rings is 1. The molecular weight excluding hydrogens is 286 g/mol. The fourth-order valence-electron chi connectivity index (χ4n) is 2.75. The number of nitrogens with zero attached hydrogens (tertiary/aromatic N) is 1. The Morgan fingerprint density at radius 3 is 2.86 bits per heavy atom. The van der Waals surface area contributed by atoms with E-state index in [4.69, 9.17) is 9.72 Å². The Morgan fingerprint density at radius 2 is 2.19 bits per heavy atom. The Bertz CT molecular complexity index is 653. The van der Waals surface area contributed by atoms with E-state index in [9.17, 15) is 9.90 Å². The van der Waals surface area contributed by atoms with Gasteiger partial charge in [-0.25, -0.2) is 4.98 Å². The van der Waals surface area contributed by atoms with Crippen LogP contribution in [0.5, 0.6) is 0 Å². The molecule has 1 aliphatic rings. The van der Waals surface area contributed by atoms with Crippen LogP contribution in [-0.4, -0.2) is 22.7 Å². The fraction of sp³-hybridized carbons (Fsp3) is 0.375. The molecule has 5 heteroatoms. The molecule has 2 aromatic rings. The van der Waals surface area contributed by atoms with Gasteiger partial charge in [0.15, 0.2) is 0 Å². The third-order valence-electron chi connectivity index (χ3n) is 3.86. The summed E-state index contributed by atoms with van der Waals surface area (Å²) in [5.41, 5.74) is 1.34. The largest absolute Gasteiger partial charge is 0.481 e. The molecule has 0 fully saturated rings. The molecule has 0 saturated heterocycles. The molecule has 1 unspecified atom stereocenters. The standard InChI is InChI=1S/C16H17NO3S/c1-2-16(10-13(18)19)14-12(8-9-20-16)17-15(21-14)11-6-4-3-5-7-11/h3-7H,2,8-10H2,1H3,(H,18,19). The van der Waals surface area contributed by atoms with E-state index in [-0.39, 0.29) is 6.42 Å². The minimum Gasteiger partial charge on any atom is -0.481 e. The summed E-state index contributed by atoms with van der Waals surface area (Å²) in [4.78, 5) is 16.9. The van der Waals surface area contributed by atoms with Crippen LogP contribution in [0.3, 0.4) is 0 Å². The lowest BCUT2D eigenvalue weighted by Gasteiger charge is -2.34. The molecule has 1 aliphatic heterocycles. The van der Waals surface area contributed by atoms with Crippen molar-refractivity contribution in [3.05, 3.63) is 40.9 Å². The summed E-state index contributed by atoms with van der Waals surface area (Å²) in [6.45, 7) is 2.51. The first kappa shape index (κ1) is 14.2. The first-order valence-corrected chi connectivity index (χ1v) is 7.87. The van der Waals surface area contributed by atoms with Gasteiger partial charge in [0.05, 0.1) is 23.6 Å². The van der Waals surface area contributed by atoms with Gasteiger partial charge in [-0.3, -0.25) is 4.79 Å². The molecule has 0 bridgehead atoms. The van der Waals surface area contributed by atoms with Gasteiger partial charge in [-0.15, -0.1) is 11.3 Å². The summed E-state index contributed by atoms with van der Waals surface area (Å²) >= 11 is 1.56. The average Bonchev–Trinajstić information content (AvgIpc) is 2.93. The lowest BCUT2D eigenvalue weighted by atomic mass is 9.90. The highest BCUT2D eigenvalue weighted by Crippen LogP contribution is 2.44. The number of aliphatic carboxylic acids is 1. The highest BCUT2D eigenvalue weighted by atomic mass is 32.1. The predicted octanol–water partition coefficient (Wildman–Crippen LogP) is 3.46. The maximum Gasteiger partial charge on any atom is 0.306 e. The Morgan fingerprint density at radius 1 is 1.43 bits per heavy atom. The van der Waals surface area contributed by atoms with Crippen molar-refractivity contribution in [2.45, 2.75) is 31.8 Å². The van der Waals surface area contributed by atoms with E-state index in [1.54, 1.807) is 11.3 Å². The maximum absolute atomic E-state index is 11.2. The van der Waals surface area contributed by atoms with Crippen LogP contribution < -0.4 is 0 Å². The third kappa shape index (κ3) is 2.59. The summed E-state index contributed by atoms with van der Waals surface area (Å²) in [5.74, 6) is -0.834. The number of thiazole rings is 1. The lowest BCUT2D eigenvalue weighted by molar-refractivity contribution is -0.148. The van der Waals surface area contributed by atoms with Gasteiger partial charge in [0, 0.05) is 12.0 Å². The van der Waals surface area contributed by atoms with Crippen molar-refractivity contribution in [3.8, 4) is 10.6 Å². The zero-order valence-electron chi connectivity index (χ0n) is 11.8. The molecule has 110 valence electrons. The SMILES string of the molecule is CCC1(CC(=O)O)OCCc2nc(-c3ccccc3)sc21. The van der Waals surface area contributed by atoms with Crippen molar-refractivity contribution < 1.29 is 14.6 Å². The Kier molecular flexibility index (Phi) is 3.78. The van der Waals surface area contributed by atoms with Gasteiger partial charge in [-0.2, -0.15) is 0 Å². The van der Waals surface area contributed by atoms with Gasteiger partial charge in [0.1, 0.15) is 10.6 Å². The highest BCUT2D eigenvalue weighted by molar-refractivity contribution is 7.15. The molecule has 0 amide bonds. The van der Waals surface area contributed by atoms with Crippen molar-refractivity contribution in [3.63, 3.8) is 0 Å². The monoisotopic (exact) mass is 303 g/mol. The minimum absolute atomic E-state index is 0.00702. The second-order valence-electron chi connectivity index (χ2n) is 5.18. The minimum atomic E-state index is -0.834. The molecule has 2 heterocycles. The van der Waals surface area contributed by atoms with Crippen molar-refractivity contribution in [2.75, 3.05) is 6.61 Å². The van der Waals surface area contributed by atoms with Crippen LogP contribution in [-0.2, 0) is 21.6 Å². The van der Waals surface area contributed by atoms with Crippen LogP contribution in [0.4, 0.5) is 0 Å². The second kappa shape index (κ2) is 5.58. The van der Waals surface area contributed by atoms with Crippen molar-refractivity contribution in [1.82, 2.24) is 4.98 Å². The Balaban J connectivity index is 2.06. The molecule has 0 saturated carbocycles. The molecule has 21 heavy (non-hydrogen) atoms. The zero-order chi connectivity index (χ0) is 14.9. The van der Waals surface area contributed by atoms with E-state index in [2.05, 4.69) is 0 Å². The summed E-state index contributed by atoms with van der Waals surface area (Å²) in [6.07, 6.45) is 1.38. The van der Waals surface area contributed by atoms with Crippen LogP contribution >= 0.6 is 11.3 Å². The van der Waals surface area contributed by atoms with Gasteiger partial charge in [-0.1, -0.05) is 37.3 Å². The predicted molar refractivity (Wildman–Crippen MR) is 81.4 cm³/mol. The van der Waals surface area contributed by atoms with E-state index < -0.39 is 11.6 Å². The molecule has 0 spiro atoms. The average molecular weight is 303 g/mol. The van der Waals surface area contributed by atoms with Crippen LogP contribution in [0.2, 0.25) is 0 Å². The van der Waals surface area contributed by atoms with Crippen LogP contribution in [0.25, 0.3) is 10.6 Å². The topological polar surface area (TPSA) is 59.4 Å². The van der Waals surface area contributed by atoms with E-state index in [0.717, 1.165) is 27.6 Å². The second-order valence-corrected chi connectivity index (χ2v) is 6.18. The summed E-state index contributed by atoms with van der Waals surface area (Å²) in [6, 6.07) is 9.99. The number of fused-ring (bicyclic) bond motifs is 1. The van der Waals surface area contributed by atoms with Gasteiger partial charge in [0.2, 0.25) is 0 Å². The molecule has 4 nitrogen and oxygen atoms in total. The quantitative estimate of drug-likeness (QED) is 0.939. The molecule has 0 radical (unpaired) electrons. The van der Waals surface area contributed by atoms with Crippen LogP contribution in [0.1, 0.15) is 30.3 Å². The lowest BCUT2D eigenvalue weighted by Crippen LogP contribution is -2.36. The summed E-state index contributed by atoms with van der Waals surface area (Å²) < 4.78 is 5.89. The fourth-order valence-corrected chi connectivity index (χ4v) is 4.08. The number of carbonyl (C=O) groups is 1. The highest BCUT2D eigenvalue weighted by Gasteiger charge is 2.41. The van der Waals surface area contributed by atoms with E-state index in [1.165, 1.54) is 0 Å². The third-order valence-corrected chi connectivity index (χ3v) is 5.19. The van der Waals surface area contributed by atoms with Crippen LogP contribution in [0.15, 0.2) is 30.3 Å². The van der Waals surface area contributed by atoms with Gasteiger partial charge in [-0.05, 0) is 6.42 Å². The van der Waals surface area contributed by atoms with E-state index >= 15 is 0 Å². The number of rotatable bonds is 4. The zero-order valence-corrected chi connectivity index (χ0v) is 12.7. The normalized spacial score (nSPS) is 21.0. The van der Waals surface area contributed by atoms with E-state index in [0.29, 0.717) is 13.0 Å². The number of aromatic nitrogens is 1. The molecule has 1 atom stereocenters. The van der Waals surface area contributed by atoms with Gasteiger partial charge >= 0.3 is 5.97 Å². The molecule has 0 aliphatic carbocycles. The summed E-state index contributed by atoms with van der Waals surface area (Å²) in [5, 5.41) is 10.2. The van der Waals surface area contributed by atoms with Crippen LogP contribution in [0, 0.1) is 0 Å². The molecule has 3 rings (SSSR count). The number of carboxylic acid groups (broad SMARTS) is 1. The van der Waals surface area contributed by atoms with Crippen molar-refractivity contribution in [1.29, 1.82) is 0 Å². The maximum atomic E-state index is 11.2. The van der Waals surface area contributed by atoms with Crippen molar-refractivity contribution in [2.24, 2.45) is 0 Å². The van der Waals surface area contributed by atoms with Gasteiger partial charge in [0.25, 0.3) is 0 Å². The first-order valence-electron chi connectivity index (χ1n) is 7.06. The van der Waals surface area contributed by atoms with E-state index in [1.807, 2.05) is 37.3 Å². The first-order chi connectivity index (χ1) is 10.1. The number of carboxylic acids is 1. The number of ether oxygens (including phenoxy) is 1. The molecule has 1 aromatic heterocycles. The Labute approximate surface area is 127 Å². The number of hydrogen-bond acceptors (Lipinski definition) is 4. The molecule has 1 aromatic carbocycles. The number of hydrogen-bond donors (Lipinski definition) is 1. The van der Waals surface area contributed by atoms with Gasteiger partial charge < -0.3 is 9.84 Å². The molecule has 1 N–H and O–H groups in total. The molecular formula is C16H17NO3S. The smallest absolute Gasteiger partial charge is 0.306 e. The van der Waals surface area contributed by atoms with Crippen molar-refractivity contribution >= 4 is 17.3 Å². The summed E-state index contributed by atoms with van der Waals surface area (Å²) in [7, 11) is 0.